The molecule has 0 aliphatic carbocycles. The Morgan fingerprint density at radius 2 is 1.58 bits per heavy atom. The van der Waals surface area contributed by atoms with Crippen molar-refractivity contribution in [1.29, 1.82) is 0 Å². The molecule has 5 heteroatoms. The van der Waals surface area contributed by atoms with E-state index >= 15 is 0 Å². The first-order valence-electron chi connectivity index (χ1n) is 6.61. The Bertz CT molecular complexity index is 439. The van der Waals surface area contributed by atoms with Crippen LogP contribution in [0.4, 0.5) is 0 Å². The molecule has 3 N–H and O–H groups in total. The van der Waals surface area contributed by atoms with Gasteiger partial charge in [0.2, 0.25) is 0 Å². The van der Waals surface area contributed by atoms with E-state index in [2.05, 4.69) is 5.32 Å². The summed E-state index contributed by atoms with van der Waals surface area (Å²) >= 11 is 0. The lowest BCUT2D eigenvalue weighted by Crippen LogP contribution is -2.32. The summed E-state index contributed by atoms with van der Waals surface area (Å²) in [7, 11) is 0. The SMILES string of the molecule is NCCCNCCCN1C(=O)c2ccccc2C1=O. The Hall–Kier alpha value is -1.72. The molecule has 2 amide bonds. The Balaban J connectivity index is 1.83. The Kier molecular flexibility index (Phi) is 4.65. The molecule has 5 nitrogen and oxygen atoms in total. The van der Waals surface area contributed by atoms with Crippen LogP contribution in [-0.4, -0.2) is 42.9 Å². The second-order valence-electron chi connectivity index (χ2n) is 4.55. The van der Waals surface area contributed by atoms with E-state index in [0.717, 1.165) is 25.9 Å². The van der Waals surface area contributed by atoms with Gasteiger partial charge >= 0.3 is 0 Å². The molecule has 0 saturated carbocycles. The van der Waals surface area contributed by atoms with E-state index in [1.165, 1.54) is 4.90 Å². The maximum Gasteiger partial charge on any atom is 0.261 e. The van der Waals surface area contributed by atoms with Crippen LogP contribution in [0.2, 0.25) is 0 Å². The molecule has 1 aromatic rings. The van der Waals surface area contributed by atoms with Gasteiger partial charge in [-0.05, 0) is 44.6 Å². The second kappa shape index (κ2) is 6.45. The standard InChI is InChI=1S/C14H19N3O2/c15-7-3-8-16-9-4-10-17-13(18)11-5-1-2-6-12(11)14(17)19/h1-2,5-6,16H,3-4,7-10,15H2. The predicted octanol–water partition coefficient (Wildman–Crippen LogP) is 0.611. The van der Waals surface area contributed by atoms with E-state index in [9.17, 15) is 9.59 Å². The van der Waals surface area contributed by atoms with Gasteiger partial charge in [0, 0.05) is 6.54 Å². The zero-order valence-corrected chi connectivity index (χ0v) is 10.9. The first-order chi connectivity index (χ1) is 9.25. The number of imide groups is 1. The van der Waals surface area contributed by atoms with Gasteiger partial charge in [0.05, 0.1) is 11.1 Å². The number of benzene rings is 1. The summed E-state index contributed by atoms with van der Waals surface area (Å²) < 4.78 is 0. The Morgan fingerprint density at radius 1 is 1.00 bits per heavy atom. The average molecular weight is 261 g/mol. The second-order valence-corrected chi connectivity index (χ2v) is 4.55. The molecular weight excluding hydrogens is 242 g/mol. The van der Waals surface area contributed by atoms with Gasteiger partial charge in [-0.15, -0.1) is 0 Å². The van der Waals surface area contributed by atoms with Crippen LogP contribution in [0.1, 0.15) is 33.6 Å². The Morgan fingerprint density at radius 3 is 2.16 bits per heavy atom. The lowest BCUT2D eigenvalue weighted by molar-refractivity contribution is 0.0652. The molecule has 1 heterocycles. The minimum absolute atomic E-state index is 0.178. The lowest BCUT2D eigenvalue weighted by Gasteiger charge is -2.13. The van der Waals surface area contributed by atoms with Gasteiger partial charge in [-0.1, -0.05) is 12.1 Å². The van der Waals surface area contributed by atoms with Crippen molar-refractivity contribution < 1.29 is 9.59 Å². The van der Waals surface area contributed by atoms with E-state index in [0.29, 0.717) is 24.2 Å². The highest BCUT2D eigenvalue weighted by Crippen LogP contribution is 2.22. The summed E-state index contributed by atoms with van der Waals surface area (Å²) in [6, 6.07) is 6.97. The number of nitrogens with zero attached hydrogens (tertiary/aromatic N) is 1. The molecule has 2 rings (SSSR count). The monoisotopic (exact) mass is 261 g/mol. The number of nitrogens with two attached hydrogens (primary N) is 1. The Labute approximate surface area is 112 Å². The highest BCUT2D eigenvalue weighted by atomic mass is 16.2. The summed E-state index contributed by atoms with van der Waals surface area (Å²) in [5.41, 5.74) is 6.42. The predicted molar refractivity (Wildman–Crippen MR) is 73.0 cm³/mol. The van der Waals surface area contributed by atoms with Gasteiger partial charge < -0.3 is 11.1 Å². The number of fused-ring (bicyclic) bond motifs is 1. The molecule has 102 valence electrons. The van der Waals surface area contributed by atoms with Crippen LogP contribution in [0.15, 0.2) is 24.3 Å². The van der Waals surface area contributed by atoms with Crippen LogP contribution in [0.3, 0.4) is 0 Å². The van der Waals surface area contributed by atoms with Crippen molar-refractivity contribution in [3.05, 3.63) is 35.4 Å². The van der Waals surface area contributed by atoms with Gasteiger partial charge in [0.25, 0.3) is 11.8 Å². The molecule has 0 spiro atoms. The zero-order valence-electron chi connectivity index (χ0n) is 10.9. The summed E-state index contributed by atoms with van der Waals surface area (Å²) in [5.74, 6) is -0.356. The van der Waals surface area contributed by atoms with Crippen molar-refractivity contribution in [2.24, 2.45) is 5.73 Å². The molecule has 0 radical (unpaired) electrons. The molecule has 0 bridgehead atoms. The smallest absolute Gasteiger partial charge is 0.261 e. The highest BCUT2D eigenvalue weighted by molar-refractivity contribution is 6.21. The third-order valence-electron chi connectivity index (χ3n) is 3.17. The molecule has 1 aliphatic rings. The van der Waals surface area contributed by atoms with Crippen molar-refractivity contribution in [3.63, 3.8) is 0 Å². The third-order valence-corrected chi connectivity index (χ3v) is 3.17. The summed E-state index contributed by atoms with van der Waals surface area (Å²) in [6.07, 6.45) is 1.70. The largest absolute Gasteiger partial charge is 0.330 e. The first kappa shape index (κ1) is 13.7. The fourth-order valence-electron chi connectivity index (χ4n) is 2.16. The molecule has 1 aromatic carbocycles. The van der Waals surface area contributed by atoms with Gasteiger partial charge in [0.15, 0.2) is 0 Å². The zero-order chi connectivity index (χ0) is 13.7. The number of hydrogen-bond donors (Lipinski definition) is 2. The highest BCUT2D eigenvalue weighted by Gasteiger charge is 2.34. The quantitative estimate of drug-likeness (QED) is 0.557. The van der Waals surface area contributed by atoms with Crippen LogP contribution >= 0.6 is 0 Å². The summed E-state index contributed by atoms with van der Waals surface area (Å²) in [6.45, 7) is 2.79. The third kappa shape index (κ3) is 3.00. The summed E-state index contributed by atoms with van der Waals surface area (Å²) in [4.78, 5) is 25.4. The van der Waals surface area contributed by atoms with E-state index < -0.39 is 0 Å². The van der Waals surface area contributed by atoms with Crippen molar-refractivity contribution in [3.8, 4) is 0 Å². The van der Waals surface area contributed by atoms with Gasteiger partial charge in [0.1, 0.15) is 0 Å². The topological polar surface area (TPSA) is 75.4 Å². The first-order valence-corrected chi connectivity index (χ1v) is 6.61. The van der Waals surface area contributed by atoms with Crippen LogP contribution in [0, 0.1) is 0 Å². The van der Waals surface area contributed by atoms with E-state index in [4.69, 9.17) is 5.73 Å². The fraction of sp³-hybridized carbons (Fsp3) is 0.429. The average Bonchev–Trinajstić information content (AvgIpc) is 2.68. The number of nitrogens with one attached hydrogen (secondary N) is 1. The van der Waals surface area contributed by atoms with Crippen molar-refractivity contribution in [1.82, 2.24) is 10.2 Å². The van der Waals surface area contributed by atoms with E-state index in [1.807, 2.05) is 0 Å². The number of amides is 2. The number of carbonyl (C=O) groups excluding carboxylic acids is 2. The van der Waals surface area contributed by atoms with Crippen molar-refractivity contribution in [2.75, 3.05) is 26.2 Å². The summed E-state index contributed by atoms with van der Waals surface area (Å²) in [5, 5.41) is 3.23. The van der Waals surface area contributed by atoms with E-state index in [-0.39, 0.29) is 11.8 Å². The molecular formula is C14H19N3O2. The van der Waals surface area contributed by atoms with Gasteiger partial charge in [-0.2, -0.15) is 0 Å². The van der Waals surface area contributed by atoms with E-state index in [1.54, 1.807) is 24.3 Å². The minimum atomic E-state index is -0.178. The minimum Gasteiger partial charge on any atom is -0.330 e. The fourth-order valence-corrected chi connectivity index (χ4v) is 2.16. The van der Waals surface area contributed by atoms with Crippen molar-refractivity contribution >= 4 is 11.8 Å². The lowest BCUT2D eigenvalue weighted by atomic mass is 10.1. The number of carbonyl (C=O) groups is 2. The van der Waals surface area contributed by atoms with Crippen molar-refractivity contribution in [2.45, 2.75) is 12.8 Å². The molecule has 0 atom stereocenters. The number of hydrogen-bond acceptors (Lipinski definition) is 4. The van der Waals surface area contributed by atoms with Crippen LogP contribution in [-0.2, 0) is 0 Å². The molecule has 0 saturated heterocycles. The van der Waals surface area contributed by atoms with Gasteiger partial charge in [-0.3, -0.25) is 14.5 Å². The molecule has 0 unspecified atom stereocenters. The maximum atomic E-state index is 12.0. The van der Waals surface area contributed by atoms with Crippen LogP contribution < -0.4 is 11.1 Å². The maximum absolute atomic E-state index is 12.0. The molecule has 0 fully saturated rings. The molecule has 0 aromatic heterocycles. The van der Waals surface area contributed by atoms with Gasteiger partial charge in [-0.25, -0.2) is 0 Å². The molecule has 19 heavy (non-hydrogen) atoms. The number of rotatable bonds is 7. The normalized spacial score (nSPS) is 14.1. The van der Waals surface area contributed by atoms with Crippen LogP contribution in [0.25, 0.3) is 0 Å². The van der Waals surface area contributed by atoms with Crippen LogP contribution in [0.5, 0.6) is 0 Å². The molecule has 1 aliphatic heterocycles.